The van der Waals surface area contributed by atoms with E-state index in [0.29, 0.717) is 18.2 Å². The molecule has 28 heavy (non-hydrogen) atoms. The first-order valence-corrected chi connectivity index (χ1v) is 8.83. The van der Waals surface area contributed by atoms with Crippen molar-refractivity contribution in [1.29, 1.82) is 0 Å². The molecule has 8 heteroatoms. The van der Waals surface area contributed by atoms with Crippen LogP contribution < -0.4 is 10.5 Å². The molecule has 0 saturated heterocycles. The molecule has 4 aromatic rings. The third-order valence-electron chi connectivity index (χ3n) is 4.76. The monoisotopic (exact) mass is 378 g/mol. The Labute approximate surface area is 161 Å². The lowest BCUT2D eigenvalue weighted by molar-refractivity contribution is 0.356. The Morgan fingerprint density at radius 2 is 2.00 bits per heavy atom. The van der Waals surface area contributed by atoms with E-state index in [1.165, 1.54) is 6.07 Å². The Morgan fingerprint density at radius 1 is 1.14 bits per heavy atom. The van der Waals surface area contributed by atoms with E-state index < -0.39 is 0 Å². The third-order valence-corrected chi connectivity index (χ3v) is 4.76. The van der Waals surface area contributed by atoms with Crippen LogP contribution in [-0.4, -0.2) is 31.2 Å². The summed E-state index contributed by atoms with van der Waals surface area (Å²) in [6.45, 7) is 4.43. The molecule has 5 rings (SSSR count). The maximum absolute atomic E-state index is 12.9. The summed E-state index contributed by atoms with van der Waals surface area (Å²) >= 11 is 0. The maximum atomic E-state index is 12.9. The quantitative estimate of drug-likeness (QED) is 0.547. The Bertz CT molecular complexity index is 1160. The normalized spacial score (nSPS) is 12.2. The fourth-order valence-corrected chi connectivity index (χ4v) is 3.21. The largest absolute Gasteiger partial charge is 0.493 e. The summed E-state index contributed by atoms with van der Waals surface area (Å²) in [5.41, 5.74) is 11.0. The predicted octanol–water partition coefficient (Wildman–Crippen LogP) is 3.15. The lowest BCUT2D eigenvalue weighted by atomic mass is 10.1. The van der Waals surface area contributed by atoms with Gasteiger partial charge in [-0.3, -0.25) is 9.38 Å². The van der Waals surface area contributed by atoms with Crippen LogP contribution in [0.15, 0.2) is 43.0 Å². The number of rotatable bonds is 1. The van der Waals surface area contributed by atoms with E-state index in [2.05, 4.69) is 20.2 Å². The molecule has 0 unspecified atom stereocenters. The summed E-state index contributed by atoms with van der Waals surface area (Å²) in [5.74, 6) is 1.09. The van der Waals surface area contributed by atoms with E-state index in [1.54, 1.807) is 36.1 Å². The highest BCUT2D eigenvalue weighted by Gasteiger charge is 2.16. The van der Waals surface area contributed by atoms with Crippen LogP contribution in [-0.2, 0) is 6.42 Å². The van der Waals surface area contributed by atoms with Gasteiger partial charge in [-0.1, -0.05) is 6.07 Å². The number of hydrogen-bond donors (Lipinski definition) is 1. The molecule has 1 aliphatic heterocycles. The Kier molecular flexibility index (Phi) is 4.60. The van der Waals surface area contributed by atoms with Crippen LogP contribution >= 0.6 is 0 Å². The van der Waals surface area contributed by atoms with Gasteiger partial charge in [-0.05, 0) is 37.6 Å². The van der Waals surface area contributed by atoms with Crippen molar-refractivity contribution in [3.63, 3.8) is 0 Å². The molecule has 0 aliphatic carbocycles. The summed E-state index contributed by atoms with van der Waals surface area (Å²) in [6, 6.07) is 7.01. The van der Waals surface area contributed by atoms with Crippen LogP contribution in [0.25, 0.3) is 16.8 Å². The van der Waals surface area contributed by atoms with Crippen molar-refractivity contribution < 1.29 is 9.13 Å². The van der Waals surface area contributed by atoms with Crippen molar-refractivity contribution in [1.82, 2.24) is 24.6 Å². The molecule has 0 radical (unpaired) electrons. The third kappa shape index (κ3) is 3.13. The van der Waals surface area contributed by atoms with Gasteiger partial charge in [0, 0.05) is 41.2 Å². The highest BCUT2D eigenvalue weighted by molar-refractivity contribution is 5.78. The smallest absolute Gasteiger partial charge is 0.207 e. The van der Waals surface area contributed by atoms with Crippen LogP contribution in [0.2, 0.25) is 0 Å². The number of nitrogen functional groups attached to an aromatic ring is 1. The molecular formula is C20H19FN6O. The van der Waals surface area contributed by atoms with E-state index in [4.69, 9.17) is 10.5 Å². The lowest BCUT2D eigenvalue weighted by Gasteiger charge is -2.06. The zero-order chi connectivity index (χ0) is 19.7. The lowest BCUT2D eigenvalue weighted by Crippen LogP contribution is -2.01. The molecule has 0 saturated carbocycles. The number of benzene rings is 1. The molecule has 0 atom stereocenters. The number of aromatic nitrogens is 5. The fourth-order valence-electron chi connectivity index (χ4n) is 3.21. The Morgan fingerprint density at radius 3 is 2.82 bits per heavy atom. The van der Waals surface area contributed by atoms with E-state index in [-0.39, 0.29) is 5.82 Å². The van der Waals surface area contributed by atoms with Gasteiger partial charge in [-0.15, -0.1) is 10.2 Å². The van der Waals surface area contributed by atoms with Gasteiger partial charge in [0.25, 0.3) is 0 Å². The van der Waals surface area contributed by atoms with Gasteiger partial charge < -0.3 is 10.5 Å². The van der Waals surface area contributed by atoms with Gasteiger partial charge in [-0.25, -0.2) is 9.37 Å². The number of aryl methyl sites for hydroxylation is 1. The molecule has 1 aliphatic rings. The number of hydrogen-bond acceptors (Lipinski definition) is 6. The highest BCUT2D eigenvalue weighted by Crippen LogP contribution is 2.29. The molecule has 0 fully saturated rings. The fraction of sp³-hybridized carbons (Fsp3) is 0.200. The Balaban J connectivity index is 0.000000151. The van der Waals surface area contributed by atoms with Gasteiger partial charge in [0.05, 0.1) is 6.61 Å². The molecular weight excluding hydrogens is 359 g/mol. The average molecular weight is 378 g/mol. The van der Waals surface area contributed by atoms with E-state index in [1.807, 2.05) is 19.1 Å². The van der Waals surface area contributed by atoms with Crippen LogP contribution in [0.1, 0.15) is 16.8 Å². The van der Waals surface area contributed by atoms with Crippen LogP contribution in [0.4, 0.5) is 10.3 Å². The number of nitrogens with two attached hydrogens (primary N) is 1. The van der Waals surface area contributed by atoms with Gasteiger partial charge in [0.1, 0.15) is 17.9 Å². The van der Waals surface area contributed by atoms with Crippen molar-refractivity contribution >= 4 is 11.6 Å². The van der Waals surface area contributed by atoms with Crippen LogP contribution in [0, 0.1) is 19.7 Å². The zero-order valence-corrected chi connectivity index (χ0v) is 15.6. The first kappa shape index (κ1) is 17.8. The minimum atomic E-state index is -0.130. The number of ether oxygens (including phenoxy) is 1. The number of pyridine rings is 1. The molecule has 0 spiro atoms. The summed E-state index contributed by atoms with van der Waals surface area (Å²) in [7, 11) is 0. The second kappa shape index (κ2) is 7.22. The van der Waals surface area contributed by atoms with E-state index in [9.17, 15) is 4.39 Å². The highest BCUT2D eigenvalue weighted by atomic mass is 19.1. The van der Waals surface area contributed by atoms with Crippen LogP contribution in [0.3, 0.4) is 0 Å². The molecule has 4 heterocycles. The number of nitrogens with zero attached hydrogens (tertiary/aromatic N) is 5. The number of fused-ring (bicyclic) bond motifs is 2. The molecule has 3 aromatic heterocycles. The molecule has 7 nitrogen and oxygen atoms in total. The molecule has 0 bridgehead atoms. The van der Waals surface area contributed by atoms with Crippen molar-refractivity contribution in [2.75, 3.05) is 12.3 Å². The summed E-state index contributed by atoms with van der Waals surface area (Å²) in [4.78, 5) is 8.38. The van der Waals surface area contributed by atoms with Gasteiger partial charge in [-0.2, -0.15) is 0 Å². The number of anilines is 1. The van der Waals surface area contributed by atoms with Crippen molar-refractivity contribution in [2.45, 2.75) is 20.3 Å². The molecule has 2 N–H and O–H groups in total. The van der Waals surface area contributed by atoms with Gasteiger partial charge >= 0.3 is 0 Å². The van der Waals surface area contributed by atoms with E-state index in [0.717, 1.165) is 40.1 Å². The van der Waals surface area contributed by atoms with Gasteiger partial charge in [0.15, 0.2) is 5.65 Å². The first-order chi connectivity index (χ1) is 13.6. The van der Waals surface area contributed by atoms with E-state index >= 15 is 0 Å². The Hall–Kier alpha value is -3.55. The van der Waals surface area contributed by atoms with Crippen LogP contribution in [0.5, 0.6) is 5.75 Å². The minimum absolute atomic E-state index is 0.130. The van der Waals surface area contributed by atoms with Gasteiger partial charge in [0.2, 0.25) is 5.95 Å². The maximum Gasteiger partial charge on any atom is 0.207 e. The molecule has 0 amide bonds. The standard InChI is InChI=1S/C11H10N6.C9H9FO/c1-7-8(3-2-4-13-7)9-5-14-11(12)17-6-15-16-10(9)17;1-6-7-4-5-11-9(7)3-2-8(6)10/h2-6H,1H3,(H2,12,14);2-3H,4-5H2,1H3. The van der Waals surface area contributed by atoms with Crippen molar-refractivity contribution in [3.05, 3.63) is 65.6 Å². The SMILES string of the molecule is Cc1c(F)ccc2c1CCO2.Cc1ncccc1-c1cnc(N)n2cnnc12. The topological polar surface area (TPSA) is 91.2 Å². The summed E-state index contributed by atoms with van der Waals surface area (Å²) < 4.78 is 19.8. The average Bonchev–Trinajstić information content (AvgIpc) is 3.37. The summed E-state index contributed by atoms with van der Waals surface area (Å²) in [6.07, 6.45) is 5.85. The summed E-state index contributed by atoms with van der Waals surface area (Å²) in [5, 5.41) is 7.91. The second-order valence-corrected chi connectivity index (χ2v) is 6.44. The first-order valence-electron chi connectivity index (χ1n) is 8.83. The van der Waals surface area contributed by atoms with Crippen molar-refractivity contribution in [2.24, 2.45) is 0 Å². The molecule has 1 aromatic carbocycles. The minimum Gasteiger partial charge on any atom is -0.493 e. The van der Waals surface area contributed by atoms with Crippen molar-refractivity contribution in [3.8, 4) is 16.9 Å². The predicted molar refractivity (Wildman–Crippen MR) is 103 cm³/mol. The molecule has 142 valence electrons. The second-order valence-electron chi connectivity index (χ2n) is 6.44. The zero-order valence-electron chi connectivity index (χ0n) is 15.6. The number of halogens is 1.